The van der Waals surface area contributed by atoms with Crippen molar-refractivity contribution >= 4 is 27.5 Å². The molecule has 0 nitrogen and oxygen atoms in total. The van der Waals surface area contributed by atoms with Gasteiger partial charge in [0, 0.05) is 15.9 Å². The van der Waals surface area contributed by atoms with Gasteiger partial charge in [0.15, 0.2) is 0 Å². The molecule has 3 heteroatoms. The summed E-state index contributed by atoms with van der Waals surface area (Å²) in [4.78, 5) is 0. The summed E-state index contributed by atoms with van der Waals surface area (Å²) < 4.78 is 13.4. The van der Waals surface area contributed by atoms with Crippen molar-refractivity contribution in [3.8, 4) is 0 Å². The molecule has 0 aromatic heterocycles. The highest BCUT2D eigenvalue weighted by Gasteiger charge is 2.12. The van der Waals surface area contributed by atoms with Crippen LogP contribution < -0.4 is 0 Å². The van der Waals surface area contributed by atoms with E-state index in [0.717, 1.165) is 11.8 Å². The first kappa shape index (κ1) is 12.0. The Labute approximate surface area is 97.6 Å². The van der Waals surface area contributed by atoms with Gasteiger partial charge in [-0.3, -0.25) is 0 Å². The Kier molecular flexibility index (Phi) is 4.90. The third-order valence-corrected chi connectivity index (χ3v) is 3.62. The molecule has 0 spiro atoms. The quantitative estimate of drug-likeness (QED) is 0.715. The highest BCUT2D eigenvalue weighted by atomic mass is 79.9. The van der Waals surface area contributed by atoms with E-state index in [9.17, 15) is 4.39 Å². The van der Waals surface area contributed by atoms with E-state index in [1.54, 1.807) is 12.1 Å². The third kappa shape index (κ3) is 2.96. The molecule has 1 atom stereocenters. The van der Waals surface area contributed by atoms with Crippen molar-refractivity contribution in [2.45, 2.75) is 19.8 Å². The molecule has 0 aliphatic carbocycles. The number of benzene rings is 1. The van der Waals surface area contributed by atoms with E-state index in [1.807, 2.05) is 0 Å². The van der Waals surface area contributed by atoms with Gasteiger partial charge >= 0.3 is 0 Å². The molecule has 0 saturated carbocycles. The summed E-state index contributed by atoms with van der Waals surface area (Å²) in [5, 5.41) is 1.41. The van der Waals surface area contributed by atoms with Crippen LogP contribution in [0.25, 0.3) is 0 Å². The molecule has 0 aliphatic heterocycles. The summed E-state index contributed by atoms with van der Waals surface area (Å²) in [6.45, 7) is 2.10. The molecule has 0 heterocycles. The summed E-state index contributed by atoms with van der Waals surface area (Å²) in [6, 6.07) is 4.83. The Hall–Kier alpha value is -0.0800. The largest absolute Gasteiger partial charge is 0.207 e. The average molecular weight is 280 g/mol. The van der Waals surface area contributed by atoms with Crippen LogP contribution in [0.1, 0.15) is 18.9 Å². The molecule has 1 aromatic carbocycles. The minimum atomic E-state index is -0.197. The standard InChI is InChI=1S/C11H13BrClF/c1-2-8(7-12)6-9-10(13)4-3-5-11(9)14/h3-5,8H,2,6-7H2,1H3. The lowest BCUT2D eigenvalue weighted by Gasteiger charge is -2.12. The SMILES string of the molecule is CCC(CBr)Cc1c(F)cccc1Cl. The first-order valence-electron chi connectivity index (χ1n) is 4.67. The van der Waals surface area contributed by atoms with E-state index in [4.69, 9.17) is 11.6 Å². The fourth-order valence-electron chi connectivity index (χ4n) is 1.32. The third-order valence-electron chi connectivity index (χ3n) is 2.35. The normalized spacial score (nSPS) is 12.9. The summed E-state index contributed by atoms with van der Waals surface area (Å²) in [7, 11) is 0. The summed E-state index contributed by atoms with van der Waals surface area (Å²) in [6.07, 6.45) is 1.73. The number of hydrogen-bond acceptors (Lipinski definition) is 0. The van der Waals surface area contributed by atoms with E-state index in [2.05, 4.69) is 22.9 Å². The fourth-order valence-corrected chi connectivity index (χ4v) is 2.25. The summed E-state index contributed by atoms with van der Waals surface area (Å²) >= 11 is 9.35. The molecular formula is C11H13BrClF. The lowest BCUT2D eigenvalue weighted by atomic mass is 9.98. The number of halogens is 3. The van der Waals surface area contributed by atoms with Crippen molar-refractivity contribution < 1.29 is 4.39 Å². The molecule has 0 saturated heterocycles. The Morgan fingerprint density at radius 2 is 2.21 bits per heavy atom. The van der Waals surface area contributed by atoms with Crippen molar-refractivity contribution in [2.75, 3.05) is 5.33 Å². The first-order chi connectivity index (χ1) is 6.69. The van der Waals surface area contributed by atoms with Crippen LogP contribution in [0, 0.1) is 11.7 Å². The van der Waals surface area contributed by atoms with Crippen LogP contribution >= 0.6 is 27.5 Å². The molecule has 0 fully saturated rings. The van der Waals surface area contributed by atoms with Crippen molar-refractivity contribution in [3.63, 3.8) is 0 Å². The minimum absolute atomic E-state index is 0.197. The van der Waals surface area contributed by atoms with Crippen molar-refractivity contribution in [3.05, 3.63) is 34.6 Å². The smallest absolute Gasteiger partial charge is 0.127 e. The van der Waals surface area contributed by atoms with Gasteiger partial charge < -0.3 is 0 Å². The monoisotopic (exact) mass is 278 g/mol. The van der Waals surface area contributed by atoms with Crippen molar-refractivity contribution in [1.29, 1.82) is 0 Å². The predicted molar refractivity (Wildman–Crippen MR) is 62.7 cm³/mol. The lowest BCUT2D eigenvalue weighted by Crippen LogP contribution is -2.06. The van der Waals surface area contributed by atoms with Gasteiger partial charge in [-0.25, -0.2) is 4.39 Å². The van der Waals surface area contributed by atoms with Crippen LogP contribution in [0.4, 0.5) is 4.39 Å². The first-order valence-corrected chi connectivity index (χ1v) is 6.17. The molecule has 14 heavy (non-hydrogen) atoms. The average Bonchev–Trinajstić information content (AvgIpc) is 2.18. The zero-order chi connectivity index (χ0) is 10.6. The maximum atomic E-state index is 13.4. The maximum absolute atomic E-state index is 13.4. The van der Waals surface area contributed by atoms with Gasteiger partial charge in [-0.05, 0) is 24.5 Å². The second kappa shape index (κ2) is 5.72. The van der Waals surface area contributed by atoms with Crippen LogP contribution in [0.5, 0.6) is 0 Å². The molecule has 0 amide bonds. The maximum Gasteiger partial charge on any atom is 0.127 e. The highest BCUT2D eigenvalue weighted by molar-refractivity contribution is 9.09. The topological polar surface area (TPSA) is 0 Å². The second-order valence-corrected chi connectivity index (χ2v) is 4.39. The predicted octanol–water partition coefficient (Wildman–Crippen LogP) is 4.44. The van der Waals surface area contributed by atoms with Gasteiger partial charge in [0.1, 0.15) is 5.82 Å². The Bertz CT molecular complexity index is 277. The van der Waals surface area contributed by atoms with Crippen LogP contribution in [0.2, 0.25) is 5.02 Å². The molecule has 0 bridgehead atoms. The van der Waals surface area contributed by atoms with E-state index in [-0.39, 0.29) is 5.82 Å². The molecular weight excluding hydrogens is 266 g/mol. The zero-order valence-electron chi connectivity index (χ0n) is 8.06. The van der Waals surface area contributed by atoms with E-state index >= 15 is 0 Å². The van der Waals surface area contributed by atoms with Gasteiger partial charge in [-0.1, -0.05) is 46.9 Å². The molecule has 1 unspecified atom stereocenters. The highest BCUT2D eigenvalue weighted by Crippen LogP contribution is 2.24. The van der Waals surface area contributed by atoms with E-state index in [0.29, 0.717) is 22.9 Å². The van der Waals surface area contributed by atoms with E-state index < -0.39 is 0 Å². The van der Waals surface area contributed by atoms with Crippen molar-refractivity contribution in [1.82, 2.24) is 0 Å². The van der Waals surface area contributed by atoms with Crippen LogP contribution in [-0.4, -0.2) is 5.33 Å². The zero-order valence-corrected chi connectivity index (χ0v) is 10.4. The number of hydrogen-bond donors (Lipinski definition) is 0. The molecule has 0 N–H and O–H groups in total. The molecule has 0 radical (unpaired) electrons. The molecule has 78 valence electrons. The van der Waals surface area contributed by atoms with E-state index in [1.165, 1.54) is 6.07 Å². The summed E-state index contributed by atoms with van der Waals surface area (Å²) in [5.74, 6) is 0.251. The van der Waals surface area contributed by atoms with Gasteiger partial charge in [-0.15, -0.1) is 0 Å². The lowest BCUT2D eigenvalue weighted by molar-refractivity contribution is 0.540. The molecule has 1 rings (SSSR count). The Balaban J connectivity index is 2.84. The van der Waals surface area contributed by atoms with Crippen molar-refractivity contribution in [2.24, 2.45) is 5.92 Å². The number of rotatable bonds is 4. The summed E-state index contributed by atoms with van der Waals surface area (Å²) in [5.41, 5.74) is 0.639. The molecule has 1 aromatic rings. The fraction of sp³-hybridized carbons (Fsp3) is 0.455. The Morgan fingerprint density at radius 3 is 2.71 bits per heavy atom. The van der Waals surface area contributed by atoms with Gasteiger partial charge in [0.05, 0.1) is 0 Å². The van der Waals surface area contributed by atoms with Crippen LogP contribution in [-0.2, 0) is 6.42 Å². The number of alkyl halides is 1. The minimum Gasteiger partial charge on any atom is -0.207 e. The molecule has 0 aliphatic rings. The Morgan fingerprint density at radius 1 is 1.50 bits per heavy atom. The van der Waals surface area contributed by atoms with Gasteiger partial charge in [-0.2, -0.15) is 0 Å². The van der Waals surface area contributed by atoms with Gasteiger partial charge in [0.2, 0.25) is 0 Å². The van der Waals surface area contributed by atoms with Gasteiger partial charge in [0.25, 0.3) is 0 Å². The van der Waals surface area contributed by atoms with Crippen LogP contribution in [0.15, 0.2) is 18.2 Å². The second-order valence-electron chi connectivity index (χ2n) is 3.33. The van der Waals surface area contributed by atoms with Crippen LogP contribution in [0.3, 0.4) is 0 Å².